The SMILES string of the molecule is CCC(=O)Cc1c(C)c(F)c(F)c(P)c1F. The van der Waals surface area contributed by atoms with Crippen LogP contribution in [0.5, 0.6) is 0 Å². The number of hydrogen-bond donors (Lipinski definition) is 0. The van der Waals surface area contributed by atoms with E-state index >= 15 is 0 Å². The summed E-state index contributed by atoms with van der Waals surface area (Å²) in [7, 11) is 1.81. The van der Waals surface area contributed by atoms with E-state index in [0.717, 1.165) is 0 Å². The molecule has 16 heavy (non-hydrogen) atoms. The van der Waals surface area contributed by atoms with E-state index in [2.05, 4.69) is 0 Å². The van der Waals surface area contributed by atoms with Crippen LogP contribution in [0.15, 0.2) is 0 Å². The molecule has 1 aromatic carbocycles. The van der Waals surface area contributed by atoms with Gasteiger partial charge in [0.25, 0.3) is 0 Å². The molecular weight excluding hydrogens is 236 g/mol. The van der Waals surface area contributed by atoms with E-state index in [4.69, 9.17) is 0 Å². The van der Waals surface area contributed by atoms with Crippen molar-refractivity contribution >= 4 is 20.3 Å². The zero-order valence-corrected chi connectivity index (χ0v) is 10.2. The first-order chi connectivity index (χ1) is 7.40. The number of benzene rings is 1. The van der Waals surface area contributed by atoms with E-state index in [1.54, 1.807) is 6.92 Å². The lowest BCUT2D eigenvalue weighted by molar-refractivity contribution is -0.118. The number of ketones is 1. The van der Waals surface area contributed by atoms with E-state index in [9.17, 15) is 18.0 Å². The van der Waals surface area contributed by atoms with Crippen LogP contribution in [0.2, 0.25) is 0 Å². The fourth-order valence-corrected chi connectivity index (χ4v) is 1.67. The average Bonchev–Trinajstić information content (AvgIpc) is 2.29. The Kier molecular flexibility index (Phi) is 4.09. The van der Waals surface area contributed by atoms with Gasteiger partial charge in [-0.2, -0.15) is 0 Å². The quantitative estimate of drug-likeness (QED) is 0.593. The third kappa shape index (κ3) is 2.27. The van der Waals surface area contributed by atoms with Crippen LogP contribution >= 0.6 is 9.24 Å². The Labute approximate surface area is 94.2 Å². The van der Waals surface area contributed by atoms with E-state index < -0.39 is 22.8 Å². The van der Waals surface area contributed by atoms with Crippen LogP contribution in [-0.4, -0.2) is 5.78 Å². The Bertz CT molecular complexity index is 414. The molecule has 0 saturated carbocycles. The molecule has 5 heteroatoms. The number of rotatable bonds is 3. The summed E-state index contributed by atoms with van der Waals surface area (Å²) in [6.45, 7) is 2.90. The highest BCUT2D eigenvalue weighted by Crippen LogP contribution is 2.21. The minimum absolute atomic E-state index is 0.0595. The molecule has 0 spiro atoms. The molecule has 0 amide bonds. The lowest BCUT2D eigenvalue weighted by Gasteiger charge is -2.11. The summed E-state index contributed by atoms with van der Waals surface area (Å²) < 4.78 is 40.1. The molecule has 0 aliphatic carbocycles. The molecule has 0 bridgehead atoms. The summed E-state index contributed by atoms with van der Waals surface area (Å²) in [6.07, 6.45) is 0.0385. The van der Waals surface area contributed by atoms with Crippen molar-refractivity contribution in [2.45, 2.75) is 26.7 Å². The van der Waals surface area contributed by atoms with Gasteiger partial charge in [-0.1, -0.05) is 16.2 Å². The van der Waals surface area contributed by atoms with Gasteiger partial charge in [-0.05, 0) is 12.5 Å². The normalized spacial score (nSPS) is 10.6. The summed E-state index contributed by atoms with van der Waals surface area (Å²) in [5, 5.41) is -0.456. The number of carbonyl (C=O) groups is 1. The van der Waals surface area contributed by atoms with Crippen LogP contribution < -0.4 is 5.30 Å². The van der Waals surface area contributed by atoms with Crippen molar-refractivity contribution < 1.29 is 18.0 Å². The molecular formula is C11H12F3OP. The first-order valence-corrected chi connectivity index (χ1v) is 5.40. The zero-order chi connectivity index (χ0) is 12.5. The van der Waals surface area contributed by atoms with E-state index in [1.807, 2.05) is 9.24 Å². The van der Waals surface area contributed by atoms with Crippen molar-refractivity contribution in [1.29, 1.82) is 0 Å². The Hall–Kier alpha value is -0.890. The molecule has 1 nitrogen and oxygen atoms in total. The third-order valence-electron chi connectivity index (χ3n) is 2.48. The minimum Gasteiger partial charge on any atom is -0.299 e. The zero-order valence-electron chi connectivity index (χ0n) is 9.03. The molecule has 88 valence electrons. The van der Waals surface area contributed by atoms with Gasteiger partial charge in [-0.3, -0.25) is 4.79 Å². The molecule has 0 aliphatic rings. The van der Waals surface area contributed by atoms with Crippen LogP contribution in [0.25, 0.3) is 0 Å². The Morgan fingerprint density at radius 3 is 2.25 bits per heavy atom. The van der Waals surface area contributed by atoms with E-state index in [-0.39, 0.29) is 29.8 Å². The van der Waals surface area contributed by atoms with Crippen LogP contribution in [0.3, 0.4) is 0 Å². The molecule has 1 aromatic rings. The highest BCUT2D eigenvalue weighted by Gasteiger charge is 2.21. The summed E-state index contributed by atoms with van der Waals surface area (Å²) in [5.41, 5.74) is -0.196. The fraction of sp³-hybridized carbons (Fsp3) is 0.364. The lowest BCUT2D eigenvalue weighted by Crippen LogP contribution is -2.16. The van der Waals surface area contributed by atoms with Gasteiger partial charge in [-0.15, -0.1) is 0 Å². The van der Waals surface area contributed by atoms with Gasteiger partial charge in [0.15, 0.2) is 11.6 Å². The summed E-state index contributed by atoms with van der Waals surface area (Å²) in [4.78, 5) is 11.2. The van der Waals surface area contributed by atoms with Gasteiger partial charge in [0.05, 0.1) is 0 Å². The Morgan fingerprint density at radius 2 is 1.75 bits per heavy atom. The maximum absolute atomic E-state index is 13.6. The largest absolute Gasteiger partial charge is 0.299 e. The molecule has 1 rings (SSSR count). The van der Waals surface area contributed by atoms with E-state index in [1.165, 1.54) is 6.92 Å². The molecule has 0 radical (unpaired) electrons. The lowest BCUT2D eigenvalue weighted by atomic mass is 10.0. The molecule has 0 aromatic heterocycles. The minimum atomic E-state index is -1.22. The van der Waals surface area contributed by atoms with Crippen LogP contribution in [0.4, 0.5) is 13.2 Å². The van der Waals surface area contributed by atoms with Crippen LogP contribution in [0.1, 0.15) is 24.5 Å². The summed E-state index contributed by atoms with van der Waals surface area (Å²) in [5.74, 6) is -3.38. The Balaban J connectivity index is 3.34. The monoisotopic (exact) mass is 248 g/mol. The van der Waals surface area contributed by atoms with Crippen molar-refractivity contribution in [1.82, 2.24) is 0 Å². The van der Waals surface area contributed by atoms with E-state index in [0.29, 0.717) is 0 Å². The van der Waals surface area contributed by atoms with Crippen LogP contribution in [-0.2, 0) is 11.2 Å². The van der Waals surface area contributed by atoms with Crippen molar-refractivity contribution in [2.24, 2.45) is 0 Å². The van der Waals surface area contributed by atoms with Crippen molar-refractivity contribution in [2.75, 3.05) is 0 Å². The number of Topliss-reactive ketones (excluding diaryl/α,β-unsaturated/α-hetero) is 1. The number of carbonyl (C=O) groups excluding carboxylic acids is 1. The number of hydrogen-bond acceptors (Lipinski definition) is 1. The molecule has 1 atom stereocenters. The molecule has 0 aliphatic heterocycles. The maximum atomic E-state index is 13.6. The van der Waals surface area contributed by atoms with Gasteiger partial charge in [0.1, 0.15) is 11.6 Å². The molecule has 0 saturated heterocycles. The second-order valence-electron chi connectivity index (χ2n) is 3.53. The highest BCUT2D eigenvalue weighted by molar-refractivity contribution is 7.27. The van der Waals surface area contributed by atoms with Gasteiger partial charge in [0, 0.05) is 23.7 Å². The number of halogens is 3. The molecule has 0 heterocycles. The van der Waals surface area contributed by atoms with Crippen LogP contribution in [0, 0.1) is 24.4 Å². The first-order valence-electron chi connectivity index (χ1n) is 4.83. The second-order valence-corrected chi connectivity index (χ2v) is 4.11. The maximum Gasteiger partial charge on any atom is 0.169 e. The predicted octanol–water partition coefficient (Wildman–Crippen LogP) is 2.43. The second kappa shape index (κ2) is 4.96. The highest BCUT2D eigenvalue weighted by atomic mass is 31.0. The molecule has 0 N–H and O–H groups in total. The molecule has 1 unspecified atom stereocenters. The third-order valence-corrected chi connectivity index (χ3v) is 2.99. The predicted molar refractivity (Wildman–Crippen MR) is 59.4 cm³/mol. The Morgan fingerprint density at radius 1 is 1.19 bits per heavy atom. The van der Waals surface area contributed by atoms with Crippen molar-refractivity contribution in [3.63, 3.8) is 0 Å². The van der Waals surface area contributed by atoms with Gasteiger partial charge < -0.3 is 0 Å². The van der Waals surface area contributed by atoms with Crippen molar-refractivity contribution in [3.8, 4) is 0 Å². The standard InChI is InChI=1S/C11H12F3OP/c1-3-6(15)4-7-5(2)8(12)10(14)11(16)9(7)13/h3-4,16H2,1-2H3. The smallest absolute Gasteiger partial charge is 0.169 e. The topological polar surface area (TPSA) is 17.1 Å². The fourth-order valence-electron chi connectivity index (χ4n) is 1.37. The average molecular weight is 248 g/mol. The summed E-state index contributed by atoms with van der Waals surface area (Å²) in [6, 6.07) is 0. The van der Waals surface area contributed by atoms with Gasteiger partial charge >= 0.3 is 0 Å². The van der Waals surface area contributed by atoms with Crippen molar-refractivity contribution in [3.05, 3.63) is 28.6 Å². The summed E-state index contributed by atoms with van der Waals surface area (Å²) >= 11 is 0. The first kappa shape index (κ1) is 13.2. The molecule has 0 fully saturated rings. The van der Waals surface area contributed by atoms with Gasteiger partial charge in [0.2, 0.25) is 0 Å². The van der Waals surface area contributed by atoms with Gasteiger partial charge in [-0.25, -0.2) is 13.2 Å².